The monoisotopic (exact) mass is 574 g/mol. The van der Waals surface area contributed by atoms with Crippen molar-refractivity contribution in [2.24, 2.45) is 48.6 Å². The summed E-state index contributed by atoms with van der Waals surface area (Å²) in [6.45, 7) is 6.08. The molecule has 0 radical (unpaired) electrons. The Morgan fingerprint density at radius 2 is 1.05 bits per heavy atom. The van der Waals surface area contributed by atoms with Gasteiger partial charge in [-0.2, -0.15) is 0 Å². The summed E-state index contributed by atoms with van der Waals surface area (Å²) >= 11 is 0. The molecule has 0 saturated heterocycles. The van der Waals surface area contributed by atoms with Gasteiger partial charge in [0.2, 0.25) is 12.7 Å². The molecule has 0 fully saturated rings. The van der Waals surface area contributed by atoms with E-state index >= 15 is 0 Å². The predicted octanol–water partition coefficient (Wildman–Crippen LogP) is 5.50. The Hall–Kier alpha value is -4.48. The molecule has 0 N–H and O–H groups in total. The molecule has 42 heavy (non-hydrogen) atoms. The van der Waals surface area contributed by atoms with Gasteiger partial charge in [0.15, 0.2) is 0 Å². The zero-order chi connectivity index (χ0) is 28.8. The molecule has 0 aliphatic heterocycles. The highest BCUT2D eigenvalue weighted by molar-refractivity contribution is 5.58. The third kappa shape index (κ3) is 8.05. The minimum Gasteiger partial charge on any atom is -0.375 e. The number of azo groups is 2. The summed E-state index contributed by atoms with van der Waals surface area (Å²) in [5, 5.41) is 26.0. The van der Waals surface area contributed by atoms with Crippen molar-refractivity contribution >= 4 is 34.6 Å². The lowest BCUT2D eigenvalue weighted by atomic mass is 10.1. The lowest BCUT2D eigenvalue weighted by molar-refractivity contribution is -0.659. The van der Waals surface area contributed by atoms with Crippen LogP contribution in [0.1, 0.15) is 24.0 Å². The Morgan fingerprint density at radius 3 is 1.36 bits per heavy atom. The molecule has 4 aromatic rings. The highest BCUT2D eigenvalue weighted by atomic mass is 15.4. The smallest absolute Gasteiger partial charge is 0.375 e. The molecule has 0 bridgehead atoms. The van der Waals surface area contributed by atoms with Gasteiger partial charge in [-0.05, 0) is 84.4 Å². The molecule has 2 aromatic heterocycles. The molecule has 2 heterocycles. The SMILES string of the molecule is Cc1cc(N(C)CCCCN(C)c2ccc(N=Nc3n(C)nc[n+]3C)c(C)c2)ccc1N=Nc1n(C)nc[n+]1C.[CH3-].[CH3-]. The van der Waals surface area contributed by atoms with Crippen LogP contribution in [0, 0.1) is 28.7 Å². The molecule has 226 valence electrons. The number of aromatic nitrogens is 6. The second-order valence-electron chi connectivity index (χ2n) is 10.2. The average Bonchev–Trinajstić information content (AvgIpc) is 3.43. The summed E-state index contributed by atoms with van der Waals surface area (Å²) in [6.07, 6.45) is 5.61. The molecule has 2 aromatic carbocycles. The molecular formula is C30H46N12. The van der Waals surface area contributed by atoms with Crippen LogP contribution in [-0.2, 0) is 28.2 Å². The number of nitrogens with zero attached hydrogens (tertiary/aromatic N) is 12. The van der Waals surface area contributed by atoms with Crippen molar-refractivity contribution in [3.05, 3.63) is 75.0 Å². The maximum Gasteiger partial charge on any atom is 0.403 e. The standard InChI is InChI=1S/C28H40N12.2CH3/c1-21-17-23(11-13-25(21)31-33-27-37(5)19-29-39(27)7)35(3)15-9-10-16-36(4)24-12-14-26(22(2)18-24)32-34-28-38(6)20-30-40(28)8;;/h11-14,17-20H,9-10,15-16H2,1-8H3;2*1H3/q+2;2*-1. The third-order valence-electron chi connectivity index (χ3n) is 6.98. The first-order valence-corrected chi connectivity index (χ1v) is 13.4. The molecule has 12 nitrogen and oxygen atoms in total. The Bertz CT molecular complexity index is 1360. The first-order valence-electron chi connectivity index (χ1n) is 13.4. The number of anilines is 2. The van der Waals surface area contributed by atoms with Gasteiger partial charge in [0, 0.05) is 48.8 Å². The van der Waals surface area contributed by atoms with Crippen LogP contribution in [0.4, 0.5) is 34.6 Å². The summed E-state index contributed by atoms with van der Waals surface area (Å²) < 4.78 is 7.08. The van der Waals surface area contributed by atoms with Crippen molar-refractivity contribution in [3.63, 3.8) is 0 Å². The number of aryl methyl sites for hydroxylation is 6. The number of hydrogen-bond donors (Lipinski definition) is 0. The van der Waals surface area contributed by atoms with Crippen LogP contribution < -0.4 is 18.9 Å². The van der Waals surface area contributed by atoms with Gasteiger partial charge in [-0.1, -0.05) is 10.2 Å². The van der Waals surface area contributed by atoms with E-state index in [0.29, 0.717) is 11.9 Å². The van der Waals surface area contributed by atoms with E-state index in [0.717, 1.165) is 48.4 Å². The lowest BCUT2D eigenvalue weighted by Crippen LogP contribution is -2.25. The van der Waals surface area contributed by atoms with E-state index in [1.54, 1.807) is 22.0 Å². The van der Waals surface area contributed by atoms with Gasteiger partial charge in [0.05, 0.1) is 28.2 Å². The van der Waals surface area contributed by atoms with Gasteiger partial charge in [-0.25, -0.2) is 9.13 Å². The van der Waals surface area contributed by atoms with Gasteiger partial charge in [-0.15, -0.1) is 9.36 Å². The van der Waals surface area contributed by atoms with Crippen LogP contribution in [0.25, 0.3) is 0 Å². The van der Waals surface area contributed by atoms with Crippen LogP contribution in [0.5, 0.6) is 0 Å². The normalized spacial score (nSPS) is 11.1. The van der Waals surface area contributed by atoms with Gasteiger partial charge in [0.1, 0.15) is 11.4 Å². The van der Waals surface area contributed by atoms with Gasteiger partial charge >= 0.3 is 11.9 Å². The molecule has 0 atom stereocenters. The third-order valence-corrected chi connectivity index (χ3v) is 6.98. The summed E-state index contributed by atoms with van der Waals surface area (Å²) in [4.78, 5) is 4.59. The molecule has 0 aliphatic rings. The average molecular weight is 575 g/mol. The Morgan fingerprint density at radius 1 is 0.667 bits per heavy atom. The number of hydrogen-bond acceptors (Lipinski definition) is 8. The van der Waals surface area contributed by atoms with E-state index < -0.39 is 0 Å². The summed E-state index contributed by atoms with van der Waals surface area (Å²) in [6, 6.07) is 12.6. The number of benzene rings is 2. The molecule has 4 rings (SSSR count). The van der Waals surface area contributed by atoms with Crippen LogP contribution >= 0.6 is 0 Å². The second kappa shape index (κ2) is 14.9. The molecule has 0 unspecified atom stereocenters. The minimum absolute atomic E-state index is 0. The quantitative estimate of drug-likeness (QED) is 0.102. The Kier molecular flexibility index (Phi) is 12.0. The van der Waals surface area contributed by atoms with Gasteiger partial charge in [0.25, 0.3) is 0 Å². The first-order chi connectivity index (χ1) is 19.1. The van der Waals surface area contributed by atoms with Crippen LogP contribution in [0.15, 0.2) is 69.5 Å². The largest absolute Gasteiger partial charge is 0.403 e. The molecule has 0 amide bonds. The van der Waals surface area contributed by atoms with Gasteiger partial charge < -0.3 is 24.7 Å². The van der Waals surface area contributed by atoms with Gasteiger partial charge in [-0.3, -0.25) is 0 Å². The second-order valence-corrected chi connectivity index (χ2v) is 10.2. The fraction of sp³-hybridized carbons (Fsp3) is 0.400. The van der Waals surface area contributed by atoms with Crippen molar-refractivity contribution < 1.29 is 9.13 Å². The zero-order valence-electron chi connectivity index (χ0n) is 26.8. The van der Waals surface area contributed by atoms with E-state index in [4.69, 9.17) is 0 Å². The molecule has 12 heteroatoms. The highest BCUT2D eigenvalue weighted by Crippen LogP contribution is 2.27. The number of rotatable bonds is 11. The Balaban J connectivity index is 0.00000308. The van der Waals surface area contributed by atoms with Crippen molar-refractivity contribution in [1.82, 2.24) is 19.6 Å². The van der Waals surface area contributed by atoms with E-state index in [1.807, 2.05) is 49.5 Å². The Labute approximate surface area is 250 Å². The summed E-state index contributed by atoms with van der Waals surface area (Å²) in [5.41, 5.74) is 6.24. The number of unbranched alkanes of at least 4 members (excludes halogenated alkanes) is 1. The summed E-state index contributed by atoms with van der Waals surface area (Å²) in [5.74, 6) is 1.38. The fourth-order valence-corrected chi connectivity index (χ4v) is 4.38. The predicted molar refractivity (Wildman–Crippen MR) is 168 cm³/mol. The van der Waals surface area contributed by atoms with E-state index in [-0.39, 0.29) is 14.9 Å². The topological polar surface area (TPSA) is 99.3 Å². The van der Waals surface area contributed by atoms with Crippen molar-refractivity contribution in [2.75, 3.05) is 37.0 Å². The lowest BCUT2D eigenvalue weighted by Gasteiger charge is -2.22. The maximum atomic E-state index is 4.44. The molecule has 0 spiro atoms. The van der Waals surface area contributed by atoms with Crippen molar-refractivity contribution in [3.8, 4) is 0 Å². The molecule has 0 aliphatic carbocycles. The molecule has 0 saturated carbocycles. The van der Waals surface area contributed by atoms with Crippen LogP contribution in [0.3, 0.4) is 0 Å². The minimum atomic E-state index is 0. The fourth-order valence-electron chi connectivity index (χ4n) is 4.38. The van der Waals surface area contributed by atoms with E-state index in [2.05, 4.69) is 92.7 Å². The van der Waals surface area contributed by atoms with E-state index in [9.17, 15) is 0 Å². The maximum absolute atomic E-state index is 4.44. The zero-order valence-corrected chi connectivity index (χ0v) is 26.8. The van der Waals surface area contributed by atoms with Crippen LogP contribution in [0.2, 0.25) is 0 Å². The van der Waals surface area contributed by atoms with Crippen LogP contribution in [-0.4, -0.2) is 46.7 Å². The molecular weight excluding hydrogens is 528 g/mol. The van der Waals surface area contributed by atoms with E-state index in [1.165, 1.54) is 11.4 Å². The summed E-state index contributed by atoms with van der Waals surface area (Å²) in [7, 11) is 11.8. The van der Waals surface area contributed by atoms with Crippen molar-refractivity contribution in [2.45, 2.75) is 26.7 Å². The van der Waals surface area contributed by atoms with Crippen molar-refractivity contribution in [1.29, 1.82) is 0 Å². The first kappa shape index (κ1) is 33.7. The highest BCUT2D eigenvalue weighted by Gasteiger charge is 2.13.